The molecule has 0 aromatic carbocycles. The Hall–Kier alpha value is -0.940. The van der Waals surface area contributed by atoms with Crippen molar-refractivity contribution >= 4 is 17.2 Å². The normalized spacial score (nSPS) is 24.6. The highest BCUT2D eigenvalue weighted by atomic mass is 32.1. The first-order chi connectivity index (χ1) is 7.77. The maximum atomic E-state index is 11.8. The number of rotatable bonds is 4. The Kier molecular flexibility index (Phi) is 3.90. The van der Waals surface area contributed by atoms with Gasteiger partial charge in [-0.05, 0) is 12.5 Å². The number of carbonyl (C=O) groups is 1. The summed E-state index contributed by atoms with van der Waals surface area (Å²) in [4.78, 5) is 16.0. The molecule has 88 valence electrons. The van der Waals surface area contributed by atoms with Crippen molar-refractivity contribution in [2.75, 3.05) is 19.6 Å². The molecule has 1 aliphatic heterocycles. The van der Waals surface area contributed by atoms with E-state index in [0.717, 1.165) is 24.5 Å². The van der Waals surface area contributed by atoms with E-state index < -0.39 is 0 Å². The zero-order chi connectivity index (χ0) is 11.4. The van der Waals surface area contributed by atoms with E-state index in [2.05, 4.69) is 22.5 Å². The third-order valence-corrected chi connectivity index (χ3v) is 3.82. The minimum atomic E-state index is 0.135. The molecule has 0 spiro atoms. The molecule has 1 aromatic heterocycles. The average Bonchev–Trinajstić information content (AvgIpc) is 2.88. The van der Waals surface area contributed by atoms with Gasteiger partial charge in [-0.3, -0.25) is 4.79 Å². The van der Waals surface area contributed by atoms with Crippen molar-refractivity contribution in [1.29, 1.82) is 0 Å². The number of hydrogen-bond acceptors (Lipinski definition) is 4. The van der Waals surface area contributed by atoms with Crippen LogP contribution in [0, 0.1) is 11.8 Å². The third-order valence-electron chi connectivity index (χ3n) is 2.98. The van der Waals surface area contributed by atoms with Gasteiger partial charge in [0, 0.05) is 31.1 Å². The van der Waals surface area contributed by atoms with Gasteiger partial charge in [-0.2, -0.15) is 0 Å². The van der Waals surface area contributed by atoms with Gasteiger partial charge >= 0.3 is 0 Å². The quantitative estimate of drug-likeness (QED) is 0.811. The molecule has 5 heteroatoms. The average molecular weight is 239 g/mol. The van der Waals surface area contributed by atoms with E-state index >= 15 is 0 Å². The Morgan fingerprint density at radius 3 is 3.19 bits per heavy atom. The van der Waals surface area contributed by atoms with Crippen molar-refractivity contribution in [2.24, 2.45) is 11.8 Å². The molecule has 1 saturated heterocycles. The largest absolute Gasteiger partial charge is 0.355 e. The second-order valence-corrected chi connectivity index (χ2v) is 5.19. The van der Waals surface area contributed by atoms with Crippen LogP contribution in [0.25, 0.3) is 0 Å². The van der Waals surface area contributed by atoms with Crippen molar-refractivity contribution < 1.29 is 4.79 Å². The second kappa shape index (κ2) is 5.41. The number of nitrogens with one attached hydrogen (secondary N) is 2. The van der Waals surface area contributed by atoms with E-state index in [4.69, 9.17) is 0 Å². The molecular formula is C11H17N3OS. The molecule has 2 rings (SSSR count). The molecule has 1 fully saturated rings. The zero-order valence-corrected chi connectivity index (χ0v) is 10.2. The first-order valence-corrected chi connectivity index (χ1v) is 6.52. The van der Waals surface area contributed by atoms with E-state index in [1.165, 1.54) is 0 Å². The predicted molar refractivity (Wildman–Crippen MR) is 64.4 cm³/mol. The minimum absolute atomic E-state index is 0.135. The summed E-state index contributed by atoms with van der Waals surface area (Å²) in [6, 6.07) is 0. The van der Waals surface area contributed by atoms with Gasteiger partial charge in [0.1, 0.15) is 0 Å². The zero-order valence-electron chi connectivity index (χ0n) is 9.40. The van der Waals surface area contributed by atoms with Gasteiger partial charge in [0.25, 0.3) is 0 Å². The Morgan fingerprint density at radius 2 is 2.56 bits per heavy atom. The van der Waals surface area contributed by atoms with Crippen molar-refractivity contribution in [2.45, 2.75) is 13.3 Å². The second-order valence-electron chi connectivity index (χ2n) is 4.21. The number of carbonyl (C=O) groups excluding carboxylic acids is 1. The SMILES string of the molecule is CC1CNCC1C(=O)NCCc1nccs1. The molecule has 2 unspecified atom stereocenters. The number of nitrogens with zero attached hydrogens (tertiary/aromatic N) is 1. The summed E-state index contributed by atoms with van der Waals surface area (Å²) in [5.74, 6) is 0.755. The molecule has 0 saturated carbocycles. The van der Waals surface area contributed by atoms with Crippen LogP contribution in [0.1, 0.15) is 11.9 Å². The van der Waals surface area contributed by atoms with Gasteiger partial charge < -0.3 is 10.6 Å². The standard InChI is InChI=1S/C11H17N3OS/c1-8-6-12-7-9(8)11(15)14-3-2-10-13-4-5-16-10/h4-5,8-9,12H,2-3,6-7H2,1H3,(H,14,15). The number of aromatic nitrogens is 1. The van der Waals surface area contributed by atoms with Gasteiger partial charge in [0.05, 0.1) is 10.9 Å². The molecule has 4 nitrogen and oxygen atoms in total. The monoisotopic (exact) mass is 239 g/mol. The van der Waals surface area contributed by atoms with E-state index in [9.17, 15) is 4.79 Å². The molecule has 0 aliphatic carbocycles. The van der Waals surface area contributed by atoms with Crippen molar-refractivity contribution in [3.63, 3.8) is 0 Å². The van der Waals surface area contributed by atoms with Crippen molar-refractivity contribution in [3.05, 3.63) is 16.6 Å². The summed E-state index contributed by atoms with van der Waals surface area (Å²) in [6.07, 6.45) is 2.63. The van der Waals surface area contributed by atoms with Gasteiger partial charge in [0.2, 0.25) is 5.91 Å². The fourth-order valence-electron chi connectivity index (χ4n) is 1.96. The van der Waals surface area contributed by atoms with Crippen LogP contribution in [0.4, 0.5) is 0 Å². The highest BCUT2D eigenvalue weighted by Gasteiger charge is 2.28. The lowest BCUT2D eigenvalue weighted by molar-refractivity contribution is -0.125. The first kappa shape index (κ1) is 11.5. The fraction of sp³-hybridized carbons (Fsp3) is 0.636. The topological polar surface area (TPSA) is 54.0 Å². The molecule has 1 amide bonds. The molecule has 16 heavy (non-hydrogen) atoms. The van der Waals surface area contributed by atoms with Gasteiger partial charge in [-0.25, -0.2) is 4.98 Å². The Morgan fingerprint density at radius 1 is 1.69 bits per heavy atom. The van der Waals surface area contributed by atoms with Crippen molar-refractivity contribution in [1.82, 2.24) is 15.6 Å². The number of thiazole rings is 1. The lowest BCUT2D eigenvalue weighted by Gasteiger charge is -2.13. The van der Waals surface area contributed by atoms with E-state index in [-0.39, 0.29) is 11.8 Å². The Bertz CT molecular complexity index is 339. The number of amides is 1. The summed E-state index contributed by atoms with van der Waals surface area (Å²) in [6.45, 7) is 4.56. The van der Waals surface area contributed by atoms with Crippen LogP contribution in [0.3, 0.4) is 0 Å². The number of hydrogen-bond donors (Lipinski definition) is 2. The molecule has 0 radical (unpaired) electrons. The summed E-state index contributed by atoms with van der Waals surface area (Å²) >= 11 is 1.63. The molecule has 2 atom stereocenters. The predicted octanol–water partition coefficient (Wildman–Crippen LogP) is 0.657. The summed E-state index contributed by atoms with van der Waals surface area (Å²) in [7, 11) is 0. The van der Waals surface area contributed by atoms with Crippen LogP contribution in [-0.2, 0) is 11.2 Å². The third kappa shape index (κ3) is 2.80. The van der Waals surface area contributed by atoms with Crippen LogP contribution in [-0.4, -0.2) is 30.5 Å². The highest BCUT2D eigenvalue weighted by Crippen LogP contribution is 2.15. The Balaban J connectivity index is 1.71. The minimum Gasteiger partial charge on any atom is -0.355 e. The smallest absolute Gasteiger partial charge is 0.224 e. The van der Waals surface area contributed by atoms with Gasteiger partial charge in [-0.15, -0.1) is 11.3 Å². The molecular weight excluding hydrogens is 222 g/mol. The molecule has 1 aliphatic rings. The van der Waals surface area contributed by atoms with Gasteiger partial charge in [0.15, 0.2) is 0 Å². The van der Waals surface area contributed by atoms with E-state index in [1.807, 2.05) is 5.38 Å². The highest BCUT2D eigenvalue weighted by molar-refractivity contribution is 7.09. The van der Waals surface area contributed by atoms with E-state index in [1.54, 1.807) is 17.5 Å². The van der Waals surface area contributed by atoms with Crippen LogP contribution < -0.4 is 10.6 Å². The molecule has 1 aromatic rings. The first-order valence-electron chi connectivity index (χ1n) is 5.64. The van der Waals surface area contributed by atoms with Gasteiger partial charge in [-0.1, -0.05) is 6.92 Å². The summed E-state index contributed by atoms with van der Waals surface area (Å²) in [5.41, 5.74) is 0. The molecule has 2 heterocycles. The molecule has 0 bridgehead atoms. The van der Waals surface area contributed by atoms with E-state index in [0.29, 0.717) is 12.5 Å². The lowest BCUT2D eigenvalue weighted by Crippen LogP contribution is -2.35. The van der Waals surface area contributed by atoms with Crippen LogP contribution >= 0.6 is 11.3 Å². The Labute approximate surface area is 99.5 Å². The maximum absolute atomic E-state index is 11.8. The lowest BCUT2D eigenvalue weighted by atomic mass is 9.97. The fourth-order valence-corrected chi connectivity index (χ4v) is 2.58. The van der Waals surface area contributed by atoms with Crippen LogP contribution in [0.5, 0.6) is 0 Å². The van der Waals surface area contributed by atoms with Crippen LogP contribution in [0.15, 0.2) is 11.6 Å². The maximum Gasteiger partial charge on any atom is 0.224 e. The summed E-state index contributed by atoms with van der Waals surface area (Å²) < 4.78 is 0. The molecule has 2 N–H and O–H groups in total. The summed E-state index contributed by atoms with van der Waals surface area (Å²) in [5, 5.41) is 9.26. The van der Waals surface area contributed by atoms with Crippen molar-refractivity contribution in [3.8, 4) is 0 Å². The van der Waals surface area contributed by atoms with Crippen LogP contribution in [0.2, 0.25) is 0 Å².